The van der Waals surface area contributed by atoms with Crippen LogP contribution in [0.4, 0.5) is 0 Å². The second-order valence-corrected chi connectivity index (χ2v) is 10.8. The average Bonchev–Trinajstić information content (AvgIpc) is 3.70. The van der Waals surface area contributed by atoms with Gasteiger partial charge in [-0.05, 0) is 54.1 Å². The lowest BCUT2D eigenvalue weighted by Crippen LogP contribution is -2.39. The minimum absolute atomic E-state index is 0.217. The van der Waals surface area contributed by atoms with Crippen molar-refractivity contribution in [2.24, 2.45) is 5.73 Å². The number of nitrogens with zero attached hydrogens (tertiary/aromatic N) is 4. The lowest BCUT2D eigenvalue weighted by molar-refractivity contribution is -0.694. The number of carbonyl (C=O) groups is 2. The number of imide groups is 1. The molecule has 6 rings (SSSR count). The van der Waals surface area contributed by atoms with Gasteiger partial charge in [0.2, 0.25) is 6.33 Å². The number of aromatic nitrogens is 4. The van der Waals surface area contributed by atoms with Gasteiger partial charge in [0.15, 0.2) is 0 Å². The van der Waals surface area contributed by atoms with Crippen LogP contribution in [0.5, 0.6) is 0 Å². The Morgan fingerprint density at radius 3 is 2.07 bits per heavy atom. The van der Waals surface area contributed by atoms with Gasteiger partial charge in [0, 0.05) is 47.9 Å². The summed E-state index contributed by atoms with van der Waals surface area (Å²) in [6, 6.07) is 22.5. The summed E-state index contributed by atoms with van der Waals surface area (Å²) in [7, 11) is 0. The van der Waals surface area contributed by atoms with Gasteiger partial charge in [-0.3, -0.25) is 14.5 Å². The van der Waals surface area contributed by atoms with Gasteiger partial charge in [-0.25, -0.2) is 14.5 Å². The molecule has 3 N–H and O–H groups in total. The number of rotatable bonds is 9. The van der Waals surface area contributed by atoms with Crippen molar-refractivity contribution in [1.29, 1.82) is 0 Å². The number of benzene rings is 3. The molecule has 2 aromatic heterocycles. The fourth-order valence-corrected chi connectivity index (χ4v) is 5.09. The summed E-state index contributed by atoms with van der Waals surface area (Å²) in [5, 5.41) is 1.47. The first-order valence-electron chi connectivity index (χ1n) is 13.6. The van der Waals surface area contributed by atoms with Gasteiger partial charge in [-0.1, -0.05) is 59.6 Å². The molecule has 0 radical (unpaired) electrons. The molecule has 0 saturated heterocycles. The fraction of sp³-hybridized carbons (Fsp3) is 0.188. The third kappa shape index (κ3) is 6.97. The number of nitrogens with two attached hydrogens (primary N) is 1. The van der Waals surface area contributed by atoms with Crippen LogP contribution < -0.4 is 10.3 Å². The molecule has 0 spiro atoms. The smallest absolute Gasteiger partial charge is 0.261 e. The van der Waals surface area contributed by atoms with Crippen molar-refractivity contribution in [2.45, 2.75) is 25.9 Å². The van der Waals surface area contributed by atoms with E-state index in [9.17, 15) is 9.59 Å². The van der Waals surface area contributed by atoms with Crippen LogP contribution in [0.3, 0.4) is 0 Å². The molecule has 3 aromatic carbocycles. The van der Waals surface area contributed by atoms with Crippen LogP contribution >= 0.6 is 23.2 Å². The summed E-state index contributed by atoms with van der Waals surface area (Å²) in [5.74, 6) is -0.434. The van der Waals surface area contributed by atoms with Crippen molar-refractivity contribution in [2.75, 3.05) is 13.1 Å². The lowest BCUT2D eigenvalue weighted by atomic mass is 10.1. The van der Waals surface area contributed by atoms with E-state index in [-0.39, 0.29) is 11.8 Å². The largest absolute Gasteiger partial charge is 0.330 e. The second-order valence-electron chi connectivity index (χ2n) is 9.92. The van der Waals surface area contributed by atoms with E-state index in [0.29, 0.717) is 42.2 Å². The Kier molecular flexibility index (Phi) is 9.48. The third-order valence-corrected chi connectivity index (χ3v) is 7.55. The molecule has 1 aliphatic heterocycles. The van der Waals surface area contributed by atoms with E-state index >= 15 is 0 Å². The highest BCUT2D eigenvalue weighted by molar-refractivity contribution is 6.30. The Balaban J connectivity index is 0.000000189. The highest BCUT2D eigenvalue weighted by Gasteiger charge is 2.35. The van der Waals surface area contributed by atoms with E-state index in [1.807, 2.05) is 73.6 Å². The van der Waals surface area contributed by atoms with Crippen molar-refractivity contribution < 1.29 is 14.2 Å². The number of carbonyl (C=O) groups excluding carboxylic acids is 2. The summed E-state index contributed by atoms with van der Waals surface area (Å²) < 4.78 is 4.18. The number of amides is 2. The Labute approximate surface area is 254 Å². The van der Waals surface area contributed by atoms with E-state index in [0.717, 1.165) is 34.9 Å². The van der Waals surface area contributed by atoms with Gasteiger partial charge in [-0.2, -0.15) is 0 Å². The predicted molar refractivity (Wildman–Crippen MR) is 163 cm³/mol. The van der Waals surface area contributed by atoms with Crippen LogP contribution in [-0.2, 0) is 25.9 Å². The van der Waals surface area contributed by atoms with Crippen molar-refractivity contribution in [3.05, 3.63) is 142 Å². The van der Waals surface area contributed by atoms with Crippen LogP contribution in [-0.4, -0.2) is 44.3 Å². The average molecular weight is 603 g/mol. The maximum absolute atomic E-state index is 12.5. The molecule has 10 heteroatoms. The zero-order valence-electron chi connectivity index (χ0n) is 22.9. The summed E-state index contributed by atoms with van der Waals surface area (Å²) >= 11 is 11.8. The van der Waals surface area contributed by atoms with E-state index in [1.165, 1.54) is 10.5 Å². The standard InChI is InChI=1S/C20H16ClN3O2.C12H14ClN3/c21-15-7-5-14(6-8-15)12-23-13-22-11-16(23)9-10-24-19(25)17-3-1-2-4-18(17)20(24)26;13-11-3-1-10(2-4-11)8-16-9-15-7-12(16)5-6-14/h1-8,11,13H,9-10,12H2;1-4,7,9H,5-6,8,14H2/p+1. The number of halogens is 2. The van der Waals surface area contributed by atoms with Gasteiger partial charge in [-0.15, -0.1) is 0 Å². The minimum atomic E-state index is -0.217. The van der Waals surface area contributed by atoms with Crippen LogP contribution in [0.15, 0.2) is 97.8 Å². The number of hydrogen-bond donors (Lipinski definition) is 2. The molecule has 0 saturated carbocycles. The number of H-pyrrole nitrogens is 1. The molecule has 0 fully saturated rings. The van der Waals surface area contributed by atoms with E-state index in [2.05, 4.69) is 19.1 Å². The molecule has 8 nitrogen and oxygen atoms in total. The van der Waals surface area contributed by atoms with Crippen molar-refractivity contribution in [1.82, 2.24) is 19.4 Å². The third-order valence-electron chi connectivity index (χ3n) is 7.05. The van der Waals surface area contributed by atoms with Gasteiger partial charge in [0.1, 0.15) is 18.4 Å². The number of nitrogens with one attached hydrogen (secondary N) is 1. The normalized spacial score (nSPS) is 12.3. The Morgan fingerprint density at radius 1 is 0.833 bits per heavy atom. The SMILES string of the molecule is NCCc1cncn1Cc1ccc(Cl)cc1.O=C1c2ccccc2C(=O)N1CCc1c[nH]c[n+]1Cc1ccc(Cl)cc1. The number of imidazole rings is 2. The summed E-state index contributed by atoms with van der Waals surface area (Å²) in [5.41, 5.74) is 11.0. The monoisotopic (exact) mass is 601 g/mol. The van der Waals surface area contributed by atoms with Crippen molar-refractivity contribution in [3.8, 4) is 0 Å². The quantitative estimate of drug-likeness (QED) is 0.185. The molecule has 214 valence electrons. The van der Waals surface area contributed by atoms with Crippen LogP contribution in [0.25, 0.3) is 0 Å². The van der Waals surface area contributed by atoms with Gasteiger partial charge >= 0.3 is 0 Å². The maximum atomic E-state index is 12.5. The highest BCUT2D eigenvalue weighted by atomic mass is 35.5. The first-order chi connectivity index (χ1) is 20.4. The minimum Gasteiger partial charge on any atom is -0.330 e. The van der Waals surface area contributed by atoms with Crippen molar-refractivity contribution >= 4 is 35.0 Å². The highest BCUT2D eigenvalue weighted by Crippen LogP contribution is 2.22. The maximum Gasteiger partial charge on any atom is 0.261 e. The fourth-order valence-electron chi connectivity index (χ4n) is 4.84. The number of hydrogen-bond acceptors (Lipinski definition) is 4. The molecular formula is C32H31Cl2N6O2+. The van der Waals surface area contributed by atoms with E-state index < -0.39 is 0 Å². The molecule has 2 amide bonds. The summed E-state index contributed by atoms with van der Waals surface area (Å²) in [6.45, 7) is 2.50. The molecule has 0 atom stereocenters. The summed E-state index contributed by atoms with van der Waals surface area (Å²) in [4.78, 5) is 33.5. The lowest BCUT2D eigenvalue weighted by Gasteiger charge is -2.12. The Bertz CT molecular complexity index is 1630. The van der Waals surface area contributed by atoms with E-state index in [1.54, 1.807) is 24.3 Å². The van der Waals surface area contributed by atoms with Gasteiger partial charge in [0.25, 0.3) is 11.8 Å². The molecule has 0 unspecified atom stereocenters. The Morgan fingerprint density at radius 2 is 1.45 bits per heavy atom. The first-order valence-corrected chi connectivity index (χ1v) is 14.4. The second kappa shape index (κ2) is 13.6. The molecule has 0 bridgehead atoms. The van der Waals surface area contributed by atoms with Crippen molar-refractivity contribution in [3.63, 3.8) is 0 Å². The summed E-state index contributed by atoms with van der Waals surface area (Å²) in [6.07, 6.45) is 8.92. The molecule has 3 heterocycles. The van der Waals surface area contributed by atoms with Crippen LogP contribution in [0.2, 0.25) is 10.0 Å². The predicted octanol–water partition coefficient (Wildman–Crippen LogP) is 4.93. The van der Waals surface area contributed by atoms with E-state index in [4.69, 9.17) is 28.9 Å². The van der Waals surface area contributed by atoms with Crippen LogP contribution in [0, 0.1) is 0 Å². The van der Waals surface area contributed by atoms with Gasteiger partial charge in [0.05, 0.1) is 17.5 Å². The number of aromatic amines is 1. The molecule has 42 heavy (non-hydrogen) atoms. The van der Waals surface area contributed by atoms with Gasteiger partial charge < -0.3 is 10.3 Å². The molecule has 1 aliphatic rings. The zero-order chi connectivity index (χ0) is 29.5. The first kappa shape index (κ1) is 29.3. The Hall–Kier alpha value is -4.24. The molecular weight excluding hydrogens is 571 g/mol. The number of fused-ring (bicyclic) bond motifs is 1. The molecule has 5 aromatic rings. The topological polar surface area (TPSA) is 101 Å². The zero-order valence-corrected chi connectivity index (χ0v) is 24.4. The van der Waals surface area contributed by atoms with Crippen LogP contribution in [0.1, 0.15) is 43.2 Å². The molecule has 0 aliphatic carbocycles.